The first-order valence-corrected chi connectivity index (χ1v) is 6.95. The van der Waals surface area contributed by atoms with E-state index in [-0.39, 0.29) is 9.66 Å². The van der Waals surface area contributed by atoms with Crippen LogP contribution in [0.5, 0.6) is 5.19 Å². The number of hydrogen-bond donors (Lipinski definition) is 0. The minimum absolute atomic E-state index is 0.0434. The summed E-state index contributed by atoms with van der Waals surface area (Å²) in [6.45, 7) is 0. The van der Waals surface area contributed by atoms with E-state index < -0.39 is 18.4 Å². The Morgan fingerprint density at radius 3 is 2.52 bits per heavy atom. The molecular formula is C12H10ClF2N3O2S. The monoisotopic (exact) mass is 333 g/mol. The third-order valence-corrected chi connectivity index (χ3v) is 3.47. The van der Waals surface area contributed by atoms with Crippen LogP contribution in [-0.2, 0) is 4.79 Å². The zero-order valence-electron chi connectivity index (χ0n) is 10.7. The molecule has 0 aliphatic carbocycles. The molecule has 2 aromatic rings. The molecule has 0 aliphatic heterocycles. The fraction of sp³-hybridized carbons (Fsp3) is 0.250. The summed E-state index contributed by atoms with van der Waals surface area (Å²) in [6.07, 6.45) is -4.98. The van der Waals surface area contributed by atoms with E-state index in [0.29, 0.717) is 5.69 Å². The Bertz CT molecular complexity index is 612. The van der Waals surface area contributed by atoms with Gasteiger partial charge in [0.05, 0.1) is 0 Å². The van der Waals surface area contributed by atoms with Crippen LogP contribution in [0.4, 0.5) is 14.5 Å². The number of ether oxygens (including phenoxy) is 1. The molecule has 5 nitrogen and oxygen atoms in total. The summed E-state index contributed by atoms with van der Waals surface area (Å²) in [5.74, 6) is -0.887. The van der Waals surface area contributed by atoms with Crippen molar-refractivity contribution >= 4 is 34.5 Å². The third kappa shape index (κ3) is 3.85. The minimum atomic E-state index is -3.01. The molecule has 0 spiro atoms. The quantitative estimate of drug-likeness (QED) is 0.844. The third-order valence-electron chi connectivity index (χ3n) is 2.56. The van der Waals surface area contributed by atoms with Crippen molar-refractivity contribution in [3.63, 3.8) is 0 Å². The maximum Gasteiger partial charge on any atom is 0.296 e. The number of para-hydroxylation sites is 1. The van der Waals surface area contributed by atoms with Gasteiger partial charge < -0.3 is 9.64 Å². The summed E-state index contributed by atoms with van der Waals surface area (Å²) in [6, 6.07) is 8.40. The predicted molar refractivity (Wildman–Crippen MR) is 75.2 cm³/mol. The zero-order chi connectivity index (χ0) is 15.4. The first kappa shape index (κ1) is 15.6. The van der Waals surface area contributed by atoms with Gasteiger partial charge in [-0.25, -0.2) is 8.78 Å². The lowest BCUT2D eigenvalue weighted by molar-refractivity contribution is -0.131. The molecule has 21 heavy (non-hydrogen) atoms. The number of carbonyl (C=O) groups is 1. The Kier molecular flexibility index (Phi) is 5.03. The molecule has 0 aliphatic rings. The van der Waals surface area contributed by atoms with Crippen molar-refractivity contribution < 1.29 is 18.3 Å². The number of nitrogens with zero attached hydrogens (tertiary/aromatic N) is 3. The van der Waals surface area contributed by atoms with Crippen molar-refractivity contribution in [1.29, 1.82) is 0 Å². The fourth-order valence-electron chi connectivity index (χ4n) is 1.53. The Morgan fingerprint density at radius 2 is 2.00 bits per heavy atom. The van der Waals surface area contributed by atoms with Gasteiger partial charge in [-0.3, -0.25) is 4.79 Å². The van der Waals surface area contributed by atoms with Gasteiger partial charge in [0, 0.05) is 12.7 Å². The van der Waals surface area contributed by atoms with Crippen LogP contribution in [0.2, 0.25) is 4.47 Å². The first-order valence-electron chi connectivity index (χ1n) is 5.75. The van der Waals surface area contributed by atoms with Crippen LogP contribution < -0.4 is 9.64 Å². The minimum Gasteiger partial charge on any atom is -0.449 e. The van der Waals surface area contributed by atoms with Gasteiger partial charge in [-0.05, 0) is 35.1 Å². The molecule has 0 saturated heterocycles. The predicted octanol–water partition coefficient (Wildman–Crippen LogP) is 2.87. The van der Waals surface area contributed by atoms with Crippen LogP contribution in [0.3, 0.4) is 0 Å². The number of benzene rings is 1. The second-order valence-electron chi connectivity index (χ2n) is 3.93. The van der Waals surface area contributed by atoms with Gasteiger partial charge in [0.1, 0.15) is 0 Å². The van der Waals surface area contributed by atoms with E-state index in [0.717, 1.165) is 16.2 Å². The normalized spacial score (nSPS) is 12.2. The molecule has 1 atom stereocenters. The fourth-order valence-corrected chi connectivity index (χ4v) is 2.22. The molecule has 0 N–H and O–H groups in total. The van der Waals surface area contributed by atoms with E-state index in [4.69, 9.17) is 16.3 Å². The smallest absolute Gasteiger partial charge is 0.296 e. The molecule has 1 unspecified atom stereocenters. The number of aromatic nitrogens is 2. The lowest BCUT2D eigenvalue weighted by atomic mass is 10.2. The van der Waals surface area contributed by atoms with Crippen molar-refractivity contribution in [3.8, 4) is 5.19 Å². The number of amides is 1. The van der Waals surface area contributed by atoms with Crippen LogP contribution in [-0.4, -0.2) is 35.7 Å². The number of alkyl halides is 2. The molecule has 1 amide bonds. The van der Waals surface area contributed by atoms with Gasteiger partial charge in [0.2, 0.25) is 10.6 Å². The molecule has 0 radical (unpaired) electrons. The van der Waals surface area contributed by atoms with E-state index in [9.17, 15) is 13.6 Å². The average Bonchev–Trinajstić information content (AvgIpc) is 2.89. The largest absolute Gasteiger partial charge is 0.449 e. The molecule has 1 aromatic heterocycles. The van der Waals surface area contributed by atoms with Gasteiger partial charge in [0.25, 0.3) is 17.5 Å². The van der Waals surface area contributed by atoms with Crippen molar-refractivity contribution in [1.82, 2.24) is 10.2 Å². The number of rotatable bonds is 5. The lowest BCUT2D eigenvalue weighted by Crippen LogP contribution is -2.44. The van der Waals surface area contributed by atoms with Gasteiger partial charge in [0.15, 0.2) is 0 Å². The van der Waals surface area contributed by atoms with Crippen LogP contribution in [0, 0.1) is 0 Å². The number of carbonyl (C=O) groups excluding carboxylic acids is 1. The lowest BCUT2D eigenvalue weighted by Gasteiger charge is -2.23. The highest BCUT2D eigenvalue weighted by Crippen LogP contribution is 2.25. The molecule has 0 bridgehead atoms. The summed E-state index contributed by atoms with van der Waals surface area (Å²) < 4.78 is 31.1. The van der Waals surface area contributed by atoms with Crippen molar-refractivity contribution in [2.75, 3.05) is 11.9 Å². The Morgan fingerprint density at radius 1 is 1.33 bits per heavy atom. The Balaban J connectivity index is 2.16. The molecule has 9 heteroatoms. The molecule has 2 rings (SSSR count). The molecule has 1 heterocycles. The maximum atomic E-state index is 13.1. The van der Waals surface area contributed by atoms with E-state index in [1.807, 2.05) is 0 Å². The van der Waals surface area contributed by atoms with E-state index in [1.54, 1.807) is 30.3 Å². The summed E-state index contributed by atoms with van der Waals surface area (Å²) in [5, 5.41) is 6.71. The highest BCUT2D eigenvalue weighted by atomic mass is 35.5. The Hall–Kier alpha value is -1.80. The molecular weight excluding hydrogens is 324 g/mol. The van der Waals surface area contributed by atoms with Crippen molar-refractivity contribution in [2.24, 2.45) is 0 Å². The highest BCUT2D eigenvalue weighted by molar-refractivity contribution is 7.17. The molecule has 112 valence electrons. The second-order valence-corrected chi connectivity index (χ2v) is 5.45. The number of hydrogen-bond acceptors (Lipinski definition) is 5. The van der Waals surface area contributed by atoms with Crippen LogP contribution in [0.1, 0.15) is 0 Å². The second kappa shape index (κ2) is 6.77. The summed E-state index contributed by atoms with van der Waals surface area (Å²) in [4.78, 5) is 13.2. The van der Waals surface area contributed by atoms with Gasteiger partial charge in [-0.15, -0.1) is 5.10 Å². The number of likely N-dealkylation sites (N-methyl/N-ethyl adjacent to an activating group) is 1. The average molecular weight is 334 g/mol. The van der Waals surface area contributed by atoms with Crippen molar-refractivity contribution in [2.45, 2.75) is 12.5 Å². The Labute approximate surface area is 128 Å². The van der Waals surface area contributed by atoms with Crippen LogP contribution in [0.15, 0.2) is 30.3 Å². The molecule has 0 saturated carbocycles. The van der Waals surface area contributed by atoms with E-state index in [1.165, 1.54) is 7.05 Å². The van der Waals surface area contributed by atoms with Gasteiger partial charge in [-0.1, -0.05) is 23.3 Å². The number of halogens is 3. The van der Waals surface area contributed by atoms with Gasteiger partial charge in [-0.2, -0.15) is 0 Å². The highest BCUT2D eigenvalue weighted by Gasteiger charge is 2.34. The molecule has 0 fully saturated rings. The van der Waals surface area contributed by atoms with Crippen LogP contribution in [0.25, 0.3) is 0 Å². The first-order chi connectivity index (χ1) is 9.99. The van der Waals surface area contributed by atoms with Crippen molar-refractivity contribution in [3.05, 3.63) is 34.8 Å². The van der Waals surface area contributed by atoms with E-state index >= 15 is 0 Å². The standard InChI is InChI=1S/C12H10ClF2N3O2S/c1-18(7-5-3-2-4-6-7)10(19)8(9(14)15)20-12-17-16-11(13)21-12/h2-6,8-9H,1H3. The zero-order valence-corrected chi connectivity index (χ0v) is 12.3. The van der Waals surface area contributed by atoms with E-state index in [2.05, 4.69) is 10.2 Å². The SMILES string of the molecule is CN(C(=O)C(Oc1nnc(Cl)s1)C(F)F)c1ccccc1. The summed E-state index contributed by atoms with van der Waals surface area (Å²) >= 11 is 6.32. The maximum absolute atomic E-state index is 13.1. The summed E-state index contributed by atoms with van der Waals surface area (Å²) in [7, 11) is 1.39. The number of anilines is 1. The van der Waals surface area contributed by atoms with Crippen LogP contribution >= 0.6 is 22.9 Å². The molecule has 1 aromatic carbocycles. The van der Waals surface area contributed by atoms with Gasteiger partial charge >= 0.3 is 0 Å². The topological polar surface area (TPSA) is 55.3 Å². The summed E-state index contributed by atoms with van der Waals surface area (Å²) in [5.41, 5.74) is 0.479.